The van der Waals surface area contributed by atoms with Crippen molar-refractivity contribution in [3.63, 3.8) is 0 Å². The van der Waals surface area contributed by atoms with E-state index in [4.69, 9.17) is 0 Å². The Balaban J connectivity index is 2.70. The third-order valence-corrected chi connectivity index (χ3v) is 2.35. The summed E-state index contributed by atoms with van der Waals surface area (Å²) >= 11 is 1.16. The van der Waals surface area contributed by atoms with E-state index in [1.54, 1.807) is 18.2 Å². The van der Waals surface area contributed by atoms with Crippen LogP contribution in [0.3, 0.4) is 0 Å². The molecule has 0 radical (unpaired) electrons. The van der Waals surface area contributed by atoms with Gasteiger partial charge in [0.15, 0.2) is 11.4 Å². The number of carbonyl (C=O) groups excluding carboxylic acids is 2. The first-order valence-corrected chi connectivity index (χ1v) is 5.39. The van der Waals surface area contributed by atoms with E-state index in [0.717, 1.165) is 18.0 Å². The van der Waals surface area contributed by atoms with E-state index in [0.29, 0.717) is 16.9 Å². The van der Waals surface area contributed by atoms with Gasteiger partial charge in [-0.15, -0.1) is 0 Å². The van der Waals surface area contributed by atoms with Crippen LogP contribution in [0.2, 0.25) is 0 Å². The highest BCUT2D eigenvalue weighted by Crippen LogP contribution is 2.04. The van der Waals surface area contributed by atoms with Gasteiger partial charge < -0.3 is 0 Å². The highest BCUT2D eigenvalue weighted by Gasteiger charge is 1.95. The topological polar surface area (TPSA) is 34.1 Å². The molecule has 1 aromatic rings. The Morgan fingerprint density at radius 3 is 2.87 bits per heavy atom. The summed E-state index contributed by atoms with van der Waals surface area (Å²) in [5.41, 5.74) is 1.29. The van der Waals surface area contributed by atoms with Crippen LogP contribution in [0.5, 0.6) is 0 Å². The Morgan fingerprint density at radius 2 is 2.20 bits per heavy atom. The fourth-order valence-corrected chi connectivity index (χ4v) is 1.33. The van der Waals surface area contributed by atoms with Crippen molar-refractivity contribution in [3.05, 3.63) is 35.4 Å². The average molecular weight is 218 g/mol. The summed E-state index contributed by atoms with van der Waals surface area (Å²) in [5.74, 6) is 6.17. The lowest BCUT2D eigenvalue weighted by Gasteiger charge is -1.93. The minimum atomic E-state index is 0.0490. The normalized spacial score (nSPS) is 8.87. The zero-order valence-corrected chi connectivity index (χ0v) is 9.14. The fraction of sp³-hybridized carbons (Fsp3) is 0.167. The zero-order chi connectivity index (χ0) is 11.1. The van der Waals surface area contributed by atoms with Crippen molar-refractivity contribution in [2.24, 2.45) is 0 Å². The van der Waals surface area contributed by atoms with Crippen LogP contribution < -0.4 is 0 Å². The summed E-state index contributed by atoms with van der Waals surface area (Å²) in [6, 6.07) is 7.12. The van der Waals surface area contributed by atoms with Gasteiger partial charge in [0.05, 0.1) is 5.75 Å². The maximum atomic E-state index is 10.6. The number of hydrogen-bond donors (Lipinski definition) is 0. The monoisotopic (exact) mass is 218 g/mol. The Labute approximate surface area is 93.1 Å². The van der Waals surface area contributed by atoms with E-state index in [9.17, 15) is 9.59 Å². The summed E-state index contributed by atoms with van der Waals surface area (Å²) in [6.07, 6.45) is 0.780. The lowest BCUT2D eigenvalue weighted by Crippen LogP contribution is -1.86. The molecule has 0 aliphatic rings. The quantitative estimate of drug-likeness (QED) is 0.563. The SMILES string of the molecule is CC(=O)SCC#Cc1ccccc1C=O. The minimum absolute atomic E-state index is 0.0490. The van der Waals surface area contributed by atoms with Crippen LogP contribution in [0.15, 0.2) is 24.3 Å². The van der Waals surface area contributed by atoms with Crippen molar-refractivity contribution in [2.45, 2.75) is 6.92 Å². The average Bonchev–Trinajstić information content (AvgIpc) is 2.24. The van der Waals surface area contributed by atoms with Crippen LogP contribution in [0.1, 0.15) is 22.8 Å². The zero-order valence-electron chi connectivity index (χ0n) is 8.32. The van der Waals surface area contributed by atoms with Gasteiger partial charge in [-0.05, 0) is 6.07 Å². The van der Waals surface area contributed by atoms with Crippen molar-refractivity contribution in [1.29, 1.82) is 0 Å². The van der Waals surface area contributed by atoms with Gasteiger partial charge in [-0.25, -0.2) is 0 Å². The number of hydrogen-bond acceptors (Lipinski definition) is 3. The molecule has 0 N–H and O–H groups in total. The molecule has 0 bridgehead atoms. The molecular weight excluding hydrogens is 208 g/mol. The van der Waals surface area contributed by atoms with E-state index in [2.05, 4.69) is 11.8 Å². The summed E-state index contributed by atoms with van der Waals surface area (Å²) in [4.78, 5) is 21.3. The van der Waals surface area contributed by atoms with E-state index in [1.807, 2.05) is 6.07 Å². The molecule has 0 fully saturated rings. The van der Waals surface area contributed by atoms with Crippen molar-refractivity contribution < 1.29 is 9.59 Å². The van der Waals surface area contributed by atoms with Gasteiger partial charge in [0, 0.05) is 18.1 Å². The lowest BCUT2D eigenvalue weighted by atomic mass is 10.1. The van der Waals surface area contributed by atoms with Gasteiger partial charge in [-0.1, -0.05) is 41.8 Å². The van der Waals surface area contributed by atoms with Crippen molar-refractivity contribution in [2.75, 3.05) is 5.75 Å². The second kappa shape index (κ2) is 6.05. The van der Waals surface area contributed by atoms with Gasteiger partial charge in [-0.2, -0.15) is 0 Å². The summed E-state index contributed by atoms with van der Waals surface area (Å²) < 4.78 is 0. The second-order valence-corrected chi connectivity index (χ2v) is 3.94. The van der Waals surface area contributed by atoms with Crippen LogP contribution in [-0.4, -0.2) is 17.2 Å². The third kappa shape index (κ3) is 4.01. The van der Waals surface area contributed by atoms with E-state index >= 15 is 0 Å². The Morgan fingerprint density at radius 1 is 1.47 bits per heavy atom. The third-order valence-electron chi connectivity index (χ3n) is 1.66. The van der Waals surface area contributed by atoms with Crippen LogP contribution in [0.4, 0.5) is 0 Å². The van der Waals surface area contributed by atoms with Crippen molar-refractivity contribution in [3.8, 4) is 11.8 Å². The first-order chi connectivity index (χ1) is 7.24. The molecule has 0 saturated carbocycles. The molecule has 0 aliphatic heterocycles. The molecule has 0 heterocycles. The lowest BCUT2D eigenvalue weighted by molar-refractivity contribution is -0.109. The molecule has 0 atom stereocenters. The minimum Gasteiger partial charge on any atom is -0.298 e. The predicted molar refractivity (Wildman–Crippen MR) is 61.8 cm³/mol. The number of carbonyl (C=O) groups is 2. The molecule has 0 saturated heterocycles. The van der Waals surface area contributed by atoms with Gasteiger partial charge in [0.25, 0.3) is 0 Å². The molecule has 0 amide bonds. The maximum absolute atomic E-state index is 10.6. The van der Waals surface area contributed by atoms with E-state index < -0.39 is 0 Å². The molecule has 15 heavy (non-hydrogen) atoms. The second-order valence-electron chi connectivity index (χ2n) is 2.79. The van der Waals surface area contributed by atoms with Crippen LogP contribution >= 0.6 is 11.8 Å². The molecule has 76 valence electrons. The molecule has 0 spiro atoms. The predicted octanol–water partition coefficient (Wildman–Crippen LogP) is 2.13. The van der Waals surface area contributed by atoms with Crippen molar-refractivity contribution >= 4 is 23.2 Å². The number of thioether (sulfide) groups is 1. The van der Waals surface area contributed by atoms with Gasteiger partial charge in [0.1, 0.15) is 0 Å². The fourth-order valence-electron chi connectivity index (χ4n) is 0.983. The van der Waals surface area contributed by atoms with Crippen LogP contribution in [0, 0.1) is 11.8 Å². The molecule has 0 aromatic heterocycles. The van der Waals surface area contributed by atoms with E-state index in [1.165, 1.54) is 6.92 Å². The Hall–Kier alpha value is -1.53. The number of benzene rings is 1. The number of rotatable bonds is 2. The molecule has 1 aromatic carbocycles. The standard InChI is InChI=1S/C12H10O2S/c1-10(14)15-8-4-7-11-5-2-3-6-12(11)9-13/h2-3,5-6,9H,8H2,1H3. The molecule has 0 unspecified atom stereocenters. The molecule has 0 aliphatic carbocycles. The largest absolute Gasteiger partial charge is 0.298 e. The summed E-state index contributed by atoms with van der Waals surface area (Å²) in [5, 5.41) is 0.0490. The molecule has 2 nitrogen and oxygen atoms in total. The van der Waals surface area contributed by atoms with Gasteiger partial charge in [0.2, 0.25) is 0 Å². The Kier molecular flexibility index (Phi) is 4.65. The highest BCUT2D eigenvalue weighted by molar-refractivity contribution is 8.13. The molecular formula is C12H10O2S. The van der Waals surface area contributed by atoms with Crippen molar-refractivity contribution in [1.82, 2.24) is 0 Å². The smallest absolute Gasteiger partial charge is 0.186 e. The molecule has 3 heteroatoms. The molecule has 1 rings (SSSR count). The summed E-state index contributed by atoms with van der Waals surface area (Å²) in [6.45, 7) is 1.51. The van der Waals surface area contributed by atoms with E-state index in [-0.39, 0.29) is 5.12 Å². The van der Waals surface area contributed by atoms with Gasteiger partial charge >= 0.3 is 0 Å². The van der Waals surface area contributed by atoms with Crippen LogP contribution in [0.25, 0.3) is 0 Å². The first kappa shape index (κ1) is 11.5. The van der Waals surface area contributed by atoms with Crippen LogP contribution in [-0.2, 0) is 4.79 Å². The first-order valence-electron chi connectivity index (χ1n) is 4.40. The Bertz CT molecular complexity index is 427. The highest BCUT2D eigenvalue weighted by atomic mass is 32.2. The van der Waals surface area contributed by atoms with Gasteiger partial charge in [-0.3, -0.25) is 9.59 Å². The maximum Gasteiger partial charge on any atom is 0.186 e. The summed E-state index contributed by atoms with van der Waals surface area (Å²) in [7, 11) is 0. The number of aldehydes is 1.